The lowest BCUT2D eigenvalue weighted by atomic mass is 10.0. The fourth-order valence-electron chi connectivity index (χ4n) is 2.89. The SMILES string of the molecule is O=C(COc1ccc(F)c(NCc2cc(-c3cccc(F)c3)ccc2F)c1F)OCCO. The van der Waals surface area contributed by atoms with Crippen molar-refractivity contribution in [3.63, 3.8) is 0 Å². The molecule has 32 heavy (non-hydrogen) atoms. The van der Waals surface area contributed by atoms with E-state index in [0.29, 0.717) is 11.1 Å². The van der Waals surface area contributed by atoms with E-state index in [-0.39, 0.29) is 25.3 Å². The van der Waals surface area contributed by atoms with Gasteiger partial charge < -0.3 is 19.9 Å². The van der Waals surface area contributed by atoms with E-state index in [1.54, 1.807) is 6.07 Å². The first-order valence-electron chi connectivity index (χ1n) is 9.54. The first-order valence-corrected chi connectivity index (χ1v) is 9.54. The number of aliphatic hydroxyl groups excluding tert-OH is 1. The number of ether oxygens (including phenoxy) is 2. The van der Waals surface area contributed by atoms with Gasteiger partial charge in [-0.2, -0.15) is 0 Å². The van der Waals surface area contributed by atoms with Crippen LogP contribution in [0.4, 0.5) is 23.2 Å². The molecule has 0 spiro atoms. The molecular formula is C23H19F4NO4. The van der Waals surface area contributed by atoms with Crippen LogP contribution in [-0.2, 0) is 16.1 Å². The number of benzene rings is 3. The molecule has 0 aromatic heterocycles. The van der Waals surface area contributed by atoms with Crippen LogP contribution in [-0.4, -0.2) is 30.9 Å². The quantitative estimate of drug-likeness (QED) is 0.374. The van der Waals surface area contributed by atoms with Crippen LogP contribution in [0.3, 0.4) is 0 Å². The van der Waals surface area contributed by atoms with Crippen LogP contribution >= 0.6 is 0 Å². The van der Waals surface area contributed by atoms with Crippen molar-refractivity contribution in [1.29, 1.82) is 0 Å². The van der Waals surface area contributed by atoms with E-state index < -0.39 is 47.3 Å². The van der Waals surface area contributed by atoms with Crippen LogP contribution in [0, 0.1) is 23.3 Å². The number of nitrogens with one attached hydrogen (secondary N) is 1. The molecule has 0 aliphatic carbocycles. The van der Waals surface area contributed by atoms with Crippen molar-refractivity contribution in [2.75, 3.05) is 25.1 Å². The Labute approximate surface area is 181 Å². The van der Waals surface area contributed by atoms with Gasteiger partial charge in [-0.15, -0.1) is 0 Å². The molecule has 3 aromatic rings. The Morgan fingerprint density at radius 2 is 1.69 bits per heavy atom. The molecule has 0 radical (unpaired) electrons. The second-order valence-electron chi connectivity index (χ2n) is 6.64. The van der Waals surface area contributed by atoms with Crippen molar-refractivity contribution in [1.82, 2.24) is 0 Å². The number of halogens is 4. The lowest BCUT2D eigenvalue weighted by molar-refractivity contribution is -0.147. The van der Waals surface area contributed by atoms with E-state index in [4.69, 9.17) is 9.84 Å². The summed E-state index contributed by atoms with van der Waals surface area (Å²) in [5.41, 5.74) is 0.584. The standard InChI is InChI=1S/C23H19F4NO4/c24-17-3-1-2-14(11-17)15-4-5-18(25)16(10-15)12-28-23-19(26)6-7-20(22(23)27)32-13-21(30)31-9-8-29/h1-7,10-11,28-29H,8-9,12-13H2. The molecule has 0 aliphatic rings. The maximum absolute atomic E-state index is 14.7. The van der Waals surface area contributed by atoms with Gasteiger partial charge in [0.1, 0.15) is 29.7 Å². The Balaban J connectivity index is 1.75. The van der Waals surface area contributed by atoms with Crippen molar-refractivity contribution >= 4 is 11.7 Å². The third-order valence-corrected chi connectivity index (χ3v) is 4.41. The molecule has 5 nitrogen and oxygen atoms in total. The summed E-state index contributed by atoms with van der Waals surface area (Å²) in [5, 5.41) is 11.1. The predicted molar refractivity (Wildman–Crippen MR) is 109 cm³/mol. The summed E-state index contributed by atoms with van der Waals surface area (Å²) < 4.78 is 66.2. The molecule has 0 unspecified atom stereocenters. The van der Waals surface area contributed by atoms with Crippen LogP contribution in [0.1, 0.15) is 5.56 Å². The number of anilines is 1. The molecule has 168 valence electrons. The third kappa shape index (κ3) is 5.76. The summed E-state index contributed by atoms with van der Waals surface area (Å²) in [4.78, 5) is 11.4. The molecule has 0 saturated heterocycles. The van der Waals surface area contributed by atoms with Crippen LogP contribution in [0.5, 0.6) is 5.75 Å². The van der Waals surface area contributed by atoms with Crippen molar-refractivity contribution in [3.8, 4) is 16.9 Å². The van der Waals surface area contributed by atoms with Crippen LogP contribution in [0.15, 0.2) is 54.6 Å². The van der Waals surface area contributed by atoms with E-state index in [1.807, 2.05) is 0 Å². The maximum Gasteiger partial charge on any atom is 0.344 e. The van der Waals surface area contributed by atoms with Crippen LogP contribution < -0.4 is 10.1 Å². The van der Waals surface area contributed by atoms with Gasteiger partial charge >= 0.3 is 5.97 Å². The molecule has 0 heterocycles. The minimum Gasteiger partial charge on any atom is -0.479 e. The molecule has 3 rings (SSSR count). The molecule has 9 heteroatoms. The smallest absolute Gasteiger partial charge is 0.344 e. The van der Waals surface area contributed by atoms with Crippen molar-refractivity contribution in [2.24, 2.45) is 0 Å². The molecular weight excluding hydrogens is 430 g/mol. The highest BCUT2D eigenvalue weighted by atomic mass is 19.1. The lowest BCUT2D eigenvalue weighted by Crippen LogP contribution is -2.17. The Bertz CT molecular complexity index is 1110. The average Bonchev–Trinajstić information content (AvgIpc) is 2.78. The third-order valence-electron chi connectivity index (χ3n) is 4.41. The summed E-state index contributed by atoms with van der Waals surface area (Å²) in [6.07, 6.45) is 0. The first kappa shape index (κ1) is 23.1. The molecule has 0 aliphatic heterocycles. The zero-order valence-electron chi connectivity index (χ0n) is 16.7. The molecule has 2 N–H and O–H groups in total. The van der Waals surface area contributed by atoms with Gasteiger partial charge in [-0.25, -0.2) is 22.4 Å². The van der Waals surface area contributed by atoms with Crippen molar-refractivity contribution in [2.45, 2.75) is 6.54 Å². The normalized spacial score (nSPS) is 10.7. The van der Waals surface area contributed by atoms with Crippen LogP contribution in [0.2, 0.25) is 0 Å². The number of rotatable bonds is 9. The lowest BCUT2D eigenvalue weighted by Gasteiger charge is -2.14. The molecule has 0 saturated carbocycles. The number of esters is 1. The zero-order valence-corrected chi connectivity index (χ0v) is 16.7. The number of carbonyl (C=O) groups excluding carboxylic acids is 1. The van der Waals surface area contributed by atoms with Gasteiger partial charge in [0.25, 0.3) is 0 Å². The van der Waals surface area contributed by atoms with Gasteiger partial charge in [0.05, 0.1) is 6.61 Å². The number of aliphatic hydroxyl groups is 1. The summed E-state index contributed by atoms with van der Waals surface area (Å²) in [5.74, 6) is -4.37. The van der Waals surface area contributed by atoms with Gasteiger partial charge in [0.15, 0.2) is 18.2 Å². The van der Waals surface area contributed by atoms with Gasteiger partial charge in [-0.1, -0.05) is 18.2 Å². The van der Waals surface area contributed by atoms with Crippen molar-refractivity contribution < 1.29 is 36.9 Å². The van der Waals surface area contributed by atoms with Gasteiger partial charge in [0.2, 0.25) is 0 Å². The maximum atomic E-state index is 14.7. The fourth-order valence-corrected chi connectivity index (χ4v) is 2.89. The Morgan fingerprint density at radius 1 is 0.938 bits per heavy atom. The predicted octanol–water partition coefficient (Wildman–Crippen LogP) is 4.44. The summed E-state index contributed by atoms with van der Waals surface area (Å²) in [6.45, 7) is -1.53. The largest absolute Gasteiger partial charge is 0.479 e. The molecule has 0 amide bonds. The van der Waals surface area contributed by atoms with E-state index in [9.17, 15) is 22.4 Å². The molecule has 0 fully saturated rings. The Morgan fingerprint density at radius 3 is 2.44 bits per heavy atom. The minimum atomic E-state index is -1.11. The van der Waals surface area contributed by atoms with E-state index in [0.717, 1.165) is 12.1 Å². The topological polar surface area (TPSA) is 67.8 Å². The highest BCUT2D eigenvalue weighted by molar-refractivity contribution is 5.71. The summed E-state index contributed by atoms with van der Waals surface area (Å²) in [6, 6.07) is 11.8. The first-order chi connectivity index (χ1) is 15.4. The van der Waals surface area contributed by atoms with E-state index in [1.165, 1.54) is 36.4 Å². The summed E-state index contributed by atoms with van der Waals surface area (Å²) >= 11 is 0. The van der Waals surface area contributed by atoms with E-state index >= 15 is 0 Å². The number of hydrogen-bond donors (Lipinski definition) is 2. The number of hydrogen-bond acceptors (Lipinski definition) is 5. The monoisotopic (exact) mass is 449 g/mol. The molecule has 3 aromatic carbocycles. The van der Waals surface area contributed by atoms with Gasteiger partial charge in [-0.05, 0) is 47.5 Å². The Kier molecular flexibility index (Phi) is 7.67. The van der Waals surface area contributed by atoms with Crippen molar-refractivity contribution in [3.05, 3.63) is 83.4 Å². The van der Waals surface area contributed by atoms with Gasteiger partial charge in [0, 0.05) is 12.1 Å². The highest BCUT2D eigenvalue weighted by Gasteiger charge is 2.17. The second-order valence-corrected chi connectivity index (χ2v) is 6.64. The Hall–Kier alpha value is -3.59. The molecule has 0 bridgehead atoms. The van der Waals surface area contributed by atoms with E-state index in [2.05, 4.69) is 10.1 Å². The van der Waals surface area contributed by atoms with Crippen LogP contribution in [0.25, 0.3) is 11.1 Å². The average molecular weight is 449 g/mol. The van der Waals surface area contributed by atoms with Gasteiger partial charge in [-0.3, -0.25) is 0 Å². The number of carbonyl (C=O) groups is 1. The zero-order chi connectivity index (χ0) is 23.1. The minimum absolute atomic E-state index is 0.101. The molecule has 0 atom stereocenters. The summed E-state index contributed by atoms with van der Waals surface area (Å²) in [7, 11) is 0. The fraction of sp³-hybridized carbons (Fsp3) is 0.174. The highest BCUT2D eigenvalue weighted by Crippen LogP contribution is 2.29. The second kappa shape index (κ2) is 10.6.